The Balaban J connectivity index is 1.23. The van der Waals surface area contributed by atoms with Crippen molar-refractivity contribution in [3.05, 3.63) is 0 Å². The average molecular weight is 357 g/mol. The highest BCUT2D eigenvalue weighted by Crippen LogP contribution is 2.64. The van der Waals surface area contributed by atoms with Crippen LogP contribution in [0.1, 0.15) is 90.4 Å². The van der Waals surface area contributed by atoms with Crippen molar-refractivity contribution in [2.75, 3.05) is 0 Å². The van der Waals surface area contributed by atoms with Crippen molar-refractivity contribution >= 4 is 5.97 Å². The summed E-state index contributed by atoms with van der Waals surface area (Å²) in [6.45, 7) is 2.27. The van der Waals surface area contributed by atoms with Gasteiger partial charge in [-0.2, -0.15) is 0 Å². The minimum atomic E-state index is -0.0789. The summed E-state index contributed by atoms with van der Waals surface area (Å²) in [6.07, 6.45) is 17.4. The largest absolute Gasteiger partial charge is 0.461 e. The molecule has 0 spiro atoms. The Labute approximate surface area is 158 Å². The van der Waals surface area contributed by atoms with Crippen LogP contribution < -0.4 is 0 Å². The predicted molar refractivity (Wildman–Crippen MR) is 101 cm³/mol. The number of carbonyl (C=O) groups excluding carboxylic acids is 1. The molecular weight excluding hydrogens is 320 g/mol. The Kier molecular flexibility index (Phi) is 3.48. The molecule has 1 unspecified atom stereocenters. The summed E-state index contributed by atoms with van der Waals surface area (Å²) in [5.41, 5.74) is 0.270. The Morgan fingerprint density at radius 2 is 1.15 bits per heavy atom. The first-order valence-corrected chi connectivity index (χ1v) is 11.8. The second-order valence-electron chi connectivity index (χ2n) is 11.8. The van der Waals surface area contributed by atoms with E-state index >= 15 is 0 Å². The topological polar surface area (TPSA) is 26.3 Å². The summed E-state index contributed by atoms with van der Waals surface area (Å²) >= 11 is 0. The molecule has 8 saturated carbocycles. The van der Waals surface area contributed by atoms with E-state index in [-0.39, 0.29) is 17.5 Å². The van der Waals surface area contributed by atoms with Gasteiger partial charge in [-0.25, -0.2) is 0 Å². The highest BCUT2D eigenvalue weighted by atomic mass is 16.5. The van der Waals surface area contributed by atoms with E-state index in [0.717, 1.165) is 61.2 Å². The molecule has 2 heteroatoms. The van der Waals surface area contributed by atoms with Crippen LogP contribution in [-0.2, 0) is 9.53 Å². The van der Waals surface area contributed by atoms with Crippen molar-refractivity contribution in [2.24, 2.45) is 46.3 Å². The first kappa shape index (κ1) is 16.4. The van der Waals surface area contributed by atoms with E-state index in [9.17, 15) is 4.79 Å². The van der Waals surface area contributed by atoms with Gasteiger partial charge in [-0.15, -0.1) is 0 Å². The SMILES string of the molecule is CCC(OC(=O)C12CC3CC(CC(C3)C1)C2)C12CC3CC(CC(C3)C1)C2. The van der Waals surface area contributed by atoms with Crippen molar-refractivity contribution in [3.8, 4) is 0 Å². The van der Waals surface area contributed by atoms with E-state index in [1.807, 2.05) is 0 Å². The molecule has 8 fully saturated rings. The summed E-state index contributed by atoms with van der Waals surface area (Å²) in [6, 6.07) is 0. The quantitative estimate of drug-likeness (QED) is 0.600. The molecule has 2 nitrogen and oxygen atoms in total. The van der Waals surface area contributed by atoms with Crippen molar-refractivity contribution in [1.82, 2.24) is 0 Å². The average Bonchev–Trinajstić information content (AvgIpc) is 2.56. The third-order valence-electron chi connectivity index (χ3n) is 9.86. The summed E-state index contributed by atoms with van der Waals surface area (Å²) in [5, 5.41) is 0. The Bertz CT molecular complexity index is 535. The summed E-state index contributed by atoms with van der Waals surface area (Å²) in [4.78, 5) is 13.5. The molecule has 0 aliphatic heterocycles. The monoisotopic (exact) mass is 356 g/mol. The van der Waals surface area contributed by atoms with Crippen molar-refractivity contribution in [1.29, 1.82) is 0 Å². The molecule has 1 atom stereocenters. The maximum atomic E-state index is 13.5. The molecule has 26 heavy (non-hydrogen) atoms. The molecule has 0 amide bonds. The zero-order chi connectivity index (χ0) is 17.5. The van der Waals surface area contributed by atoms with Gasteiger partial charge in [-0.1, -0.05) is 6.92 Å². The van der Waals surface area contributed by atoms with E-state index in [1.165, 1.54) is 57.8 Å². The van der Waals surface area contributed by atoms with Gasteiger partial charge in [0.2, 0.25) is 0 Å². The van der Waals surface area contributed by atoms with Crippen molar-refractivity contribution < 1.29 is 9.53 Å². The molecule has 0 saturated heterocycles. The van der Waals surface area contributed by atoms with Crippen LogP contribution in [0.5, 0.6) is 0 Å². The normalized spacial score (nSPS) is 54.5. The Morgan fingerprint density at radius 1 is 0.769 bits per heavy atom. The maximum Gasteiger partial charge on any atom is 0.312 e. The molecule has 0 aromatic heterocycles. The smallest absolute Gasteiger partial charge is 0.312 e. The highest BCUT2D eigenvalue weighted by Gasteiger charge is 2.58. The number of esters is 1. The lowest BCUT2D eigenvalue weighted by molar-refractivity contribution is -0.196. The molecule has 144 valence electrons. The Morgan fingerprint density at radius 3 is 1.54 bits per heavy atom. The van der Waals surface area contributed by atoms with E-state index in [0.29, 0.717) is 5.41 Å². The van der Waals surface area contributed by atoms with Crippen LogP contribution in [0.2, 0.25) is 0 Å². The standard InChI is InChI=1S/C24H36O2/c1-2-21(23-9-15-3-16(10-23)5-17(4-15)11-23)26-22(25)24-12-18-6-19(13-24)8-20(7-18)14-24/h15-21H,2-14H2,1H3. The minimum Gasteiger partial charge on any atom is -0.461 e. The number of ether oxygens (including phenoxy) is 1. The van der Waals surface area contributed by atoms with Gasteiger partial charge < -0.3 is 4.74 Å². The fourth-order valence-electron chi connectivity index (χ4n) is 9.83. The molecule has 0 radical (unpaired) electrons. The van der Waals surface area contributed by atoms with Crippen LogP contribution in [0.4, 0.5) is 0 Å². The molecule has 8 aliphatic rings. The van der Waals surface area contributed by atoms with E-state index in [1.54, 1.807) is 0 Å². The van der Waals surface area contributed by atoms with E-state index in [2.05, 4.69) is 6.92 Å². The lowest BCUT2D eigenvalue weighted by Gasteiger charge is -2.59. The first-order chi connectivity index (χ1) is 12.6. The second kappa shape index (κ2) is 5.51. The fourth-order valence-corrected chi connectivity index (χ4v) is 9.83. The molecule has 8 aliphatic carbocycles. The molecule has 8 rings (SSSR count). The summed E-state index contributed by atoms with van der Waals surface area (Å²) in [5.74, 6) is 5.53. The van der Waals surface area contributed by atoms with Gasteiger partial charge in [0.1, 0.15) is 6.10 Å². The van der Waals surface area contributed by atoms with Crippen LogP contribution in [0.15, 0.2) is 0 Å². The van der Waals surface area contributed by atoms with Crippen LogP contribution in [-0.4, -0.2) is 12.1 Å². The second-order valence-corrected chi connectivity index (χ2v) is 11.8. The number of carbonyl (C=O) groups is 1. The van der Waals surface area contributed by atoms with Gasteiger partial charge in [-0.3, -0.25) is 4.79 Å². The van der Waals surface area contributed by atoms with Crippen LogP contribution in [0.25, 0.3) is 0 Å². The zero-order valence-corrected chi connectivity index (χ0v) is 16.6. The number of rotatable bonds is 4. The lowest BCUT2D eigenvalue weighted by Crippen LogP contribution is -2.55. The van der Waals surface area contributed by atoms with Gasteiger partial charge in [0.15, 0.2) is 0 Å². The third-order valence-corrected chi connectivity index (χ3v) is 9.86. The fraction of sp³-hybridized carbons (Fsp3) is 0.958. The molecule has 0 N–H and O–H groups in total. The van der Waals surface area contributed by atoms with Crippen molar-refractivity contribution in [2.45, 2.75) is 96.5 Å². The minimum absolute atomic E-state index is 0.0789. The molecule has 0 heterocycles. The summed E-state index contributed by atoms with van der Waals surface area (Å²) in [7, 11) is 0. The van der Waals surface area contributed by atoms with Crippen LogP contribution in [0, 0.1) is 46.3 Å². The molecule has 0 aromatic rings. The third kappa shape index (κ3) is 2.32. The van der Waals surface area contributed by atoms with Crippen molar-refractivity contribution in [3.63, 3.8) is 0 Å². The summed E-state index contributed by atoms with van der Waals surface area (Å²) < 4.78 is 6.53. The number of hydrogen-bond donors (Lipinski definition) is 0. The number of hydrogen-bond acceptors (Lipinski definition) is 2. The molecular formula is C24H36O2. The molecule has 8 bridgehead atoms. The van der Waals surface area contributed by atoms with Crippen LogP contribution in [0.3, 0.4) is 0 Å². The van der Waals surface area contributed by atoms with Crippen LogP contribution >= 0.6 is 0 Å². The first-order valence-electron chi connectivity index (χ1n) is 11.8. The van der Waals surface area contributed by atoms with Gasteiger partial charge >= 0.3 is 5.97 Å². The Hall–Kier alpha value is -0.530. The maximum absolute atomic E-state index is 13.5. The van der Waals surface area contributed by atoms with E-state index in [4.69, 9.17) is 4.74 Å². The zero-order valence-electron chi connectivity index (χ0n) is 16.6. The molecule has 0 aromatic carbocycles. The van der Waals surface area contributed by atoms with E-state index < -0.39 is 0 Å². The van der Waals surface area contributed by atoms with Gasteiger partial charge in [0.25, 0.3) is 0 Å². The lowest BCUT2D eigenvalue weighted by atomic mass is 9.47. The highest BCUT2D eigenvalue weighted by molar-refractivity contribution is 5.77. The van der Waals surface area contributed by atoms with Gasteiger partial charge in [-0.05, 0) is 119 Å². The van der Waals surface area contributed by atoms with Gasteiger partial charge in [0, 0.05) is 5.41 Å². The predicted octanol–water partition coefficient (Wildman–Crippen LogP) is 5.74. The van der Waals surface area contributed by atoms with Gasteiger partial charge in [0.05, 0.1) is 5.41 Å².